The second kappa shape index (κ2) is 8.84. The van der Waals surface area contributed by atoms with Gasteiger partial charge >= 0.3 is 6.03 Å². The van der Waals surface area contributed by atoms with Gasteiger partial charge in [0.2, 0.25) is 0 Å². The third-order valence-corrected chi connectivity index (χ3v) is 3.94. The molecule has 1 aromatic heterocycles. The fourth-order valence-corrected chi connectivity index (χ4v) is 2.34. The lowest BCUT2D eigenvalue weighted by Gasteiger charge is -2.17. The zero-order chi connectivity index (χ0) is 19.1. The number of benzene rings is 2. The molecule has 0 aliphatic heterocycles. The Hall–Kier alpha value is -3.35. The first-order valence-electron chi connectivity index (χ1n) is 8.68. The van der Waals surface area contributed by atoms with E-state index in [1.54, 1.807) is 11.9 Å². The summed E-state index contributed by atoms with van der Waals surface area (Å²) >= 11 is 0. The highest BCUT2D eigenvalue weighted by Gasteiger charge is 2.12. The molecule has 7 heteroatoms. The Morgan fingerprint density at radius 1 is 1.15 bits per heavy atom. The average molecular weight is 366 g/mol. The van der Waals surface area contributed by atoms with Crippen LogP contribution in [0.15, 0.2) is 59.1 Å². The zero-order valence-electron chi connectivity index (χ0n) is 15.4. The van der Waals surface area contributed by atoms with Gasteiger partial charge in [-0.2, -0.15) is 4.98 Å². The molecule has 3 aromatic rings. The number of likely N-dealkylation sites (N-methyl/N-ethyl adjacent to an activating group) is 1. The highest BCUT2D eigenvalue weighted by molar-refractivity contribution is 5.89. The molecule has 0 aliphatic carbocycles. The number of carbonyl (C=O) groups is 1. The molecule has 0 spiro atoms. The quantitative estimate of drug-likeness (QED) is 0.690. The summed E-state index contributed by atoms with van der Waals surface area (Å²) in [5, 5.41) is 6.78. The molecule has 0 saturated heterocycles. The Bertz CT molecular complexity index is 862. The third-order valence-electron chi connectivity index (χ3n) is 3.94. The number of anilines is 1. The predicted molar refractivity (Wildman–Crippen MR) is 102 cm³/mol. The molecule has 0 unspecified atom stereocenters. The van der Waals surface area contributed by atoms with Crippen molar-refractivity contribution in [2.24, 2.45) is 0 Å². The van der Waals surface area contributed by atoms with Crippen LogP contribution in [0.1, 0.15) is 17.3 Å². The Morgan fingerprint density at radius 3 is 2.63 bits per heavy atom. The lowest BCUT2D eigenvalue weighted by atomic mass is 10.2. The van der Waals surface area contributed by atoms with Crippen molar-refractivity contribution in [3.05, 3.63) is 71.9 Å². The molecule has 0 aliphatic rings. The zero-order valence-corrected chi connectivity index (χ0v) is 15.4. The highest BCUT2D eigenvalue weighted by Crippen LogP contribution is 2.11. The summed E-state index contributed by atoms with van der Waals surface area (Å²) in [7, 11) is 1.73. The van der Waals surface area contributed by atoms with Crippen molar-refractivity contribution in [2.75, 3.05) is 18.9 Å². The summed E-state index contributed by atoms with van der Waals surface area (Å²) in [5.74, 6) is 1.68. The minimum Gasteiger partial charge on any atom is -0.484 e. The number of aryl methyl sites for hydroxylation is 1. The van der Waals surface area contributed by atoms with Crippen LogP contribution >= 0.6 is 0 Å². The Labute approximate surface area is 158 Å². The number of nitrogens with zero attached hydrogens (tertiary/aromatic N) is 3. The average Bonchev–Trinajstić information content (AvgIpc) is 3.15. The molecule has 7 nitrogen and oxygen atoms in total. The van der Waals surface area contributed by atoms with E-state index >= 15 is 0 Å². The van der Waals surface area contributed by atoms with Gasteiger partial charge < -0.3 is 19.5 Å². The molecule has 2 aromatic carbocycles. The fraction of sp³-hybridized carbons (Fsp3) is 0.250. The van der Waals surface area contributed by atoms with Crippen LogP contribution < -0.4 is 10.1 Å². The molecular formula is C20H22N4O3. The van der Waals surface area contributed by atoms with Gasteiger partial charge in [0.05, 0.1) is 0 Å². The molecular weight excluding hydrogens is 344 g/mol. The van der Waals surface area contributed by atoms with Crippen molar-refractivity contribution in [1.82, 2.24) is 15.0 Å². The van der Waals surface area contributed by atoms with Crippen LogP contribution in [0.2, 0.25) is 0 Å². The molecule has 27 heavy (non-hydrogen) atoms. The van der Waals surface area contributed by atoms with Crippen LogP contribution in [0.25, 0.3) is 0 Å². The molecule has 0 fully saturated rings. The lowest BCUT2D eigenvalue weighted by molar-refractivity contribution is 0.222. The number of carbonyl (C=O) groups excluding carboxylic acids is 1. The van der Waals surface area contributed by atoms with E-state index in [4.69, 9.17) is 9.26 Å². The standard InChI is InChI=1S/C20H22N4O3/c1-15-8-10-16(11-9-15)21-20(25)24(2)13-12-18-22-19(27-23-18)14-26-17-6-4-3-5-7-17/h3-11H,12-14H2,1-2H3,(H,21,25). The van der Waals surface area contributed by atoms with Gasteiger partial charge in [0.1, 0.15) is 5.75 Å². The van der Waals surface area contributed by atoms with Crippen LogP contribution in [-0.4, -0.2) is 34.7 Å². The molecule has 1 heterocycles. The van der Waals surface area contributed by atoms with Crippen LogP contribution in [-0.2, 0) is 13.0 Å². The van der Waals surface area contributed by atoms with E-state index in [1.807, 2.05) is 61.5 Å². The minimum atomic E-state index is -0.185. The summed E-state index contributed by atoms with van der Waals surface area (Å²) in [4.78, 5) is 18.1. The van der Waals surface area contributed by atoms with Crippen molar-refractivity contribution >= 4 is 11.7 Å². The normalized spacial score (nSPS) is 10.4. The van der Waals surface area contributed by atoms with Gasteiger partial charge in [-0.1, -0.05) is 41.1 Å². The lowest BCUT2D eigenvalue weighted by Crippen LogP contribution is -2.33. The predicted octanol–water partition coefficient (Wildman–Crippen LogP) is 3.66. The van der Waals surface area contributed by atoms with Gasteiger partial charge in [-0.05, 0) is 31.2 Å². The van der Waals surface area contributed by atoms with Gasteiger partial charge in [-0.25, -0.2) is 4.79 Å². The second-order valence-corrected chi connectivity index (χ2v) is 6.17. The third kappa shape index (κ3) is 5.57. The summed E-state index contributed by atoms with van der Waals surface area (Å²) in [6.45, 7) is 2.68. The Balaban J connectivity index is 1.44. The topological polar surface area (TPSA) is 80.5 Å². The van der Waals surface area contributed by atoms with Gasteiger partial charge in [0.15, 0.2) is 12.4 Å². The summed E-state index contributed by atoms with van der Waals surface area (Å²) < 4.78 is 10.8. The Morgan fingerprint density at radius 2 is 1.89 bits per heavy atom. The van der Waals surface area contributed by atoms with E-state index in [0.717, 1.165) is 17.0 Å². The van der Waals surface area contributed by atoms with E-state index < -0.39 is 0 Å². The molecule has 140 valence electrons. The number of ether oxygens (including phenoxy) is 1. The van der Waals surface area contributed by atoms with Crippen molar-refractivity contribution in [3.8, 4) is 5.75 Å². The molecule has 2 amide bonds. The first kappa shape index (κ1) is 18.4. The number of urea groups is 1. The SMILES string of the molecule is Cc1ccc(NC(=O)N(C)CCc2noc(COc3ccccc3)n2)cc1. The number of hydrogen-bond donors (Lipinski definition) is 1. The number of aromatic nitrogens is 2. The summed E-state index contributed by atoms with van der Waals surface area (Å²) in [6, 6.07) is 16.9. The van der Waals surface area contributed by atoms with Gasteiger partial charge in [0.25, 0.3) is 5.89 Å². The van der Waals surface area contributed by atoms with Crippen LogP contribution in [0.5, 0.6) is 5.75 Å². The van der Waals surface area contributed by atoms with E-state index in [0.29, 0.717) is 24.7 Å². The maximum atomic E-state index is 12.2. The second-order valence-electron chi connectivity index (χ2n) is 6.17. The first-order valence-corrected chi connectivity index (χ1v) is 8.68. The number of rotatable bonds is 7. The maximum Gasteiger partial charge on any atom is 0.321 e. The van der Waals surface area contributed by atoms with Crippen LogP contribution in [0, 0.1) is 6.92 Å². The van der Waals surface area contributed by atoms with Crippen LogP contribution in [0.4, 0.5) is 10.5 Å². The largest absolute Gasteiger partial charge is 0.484 e. The van der Waals surface area contributed by atoms with Crippen molar-refractivity contribution < 1.29 is 14.1 Å². The maximum absolute atomic E-state index is 12.2. The Kier molecular flexibility index (Phi) is 6.04. The first-order chi connectivity index (χ1) is 13.1. The smallest absolute Gasteiger partial charge is 0.321 e. The number of amides is 2. The molecule has 1 N–H and O–H groups in total. The van der Waals surface area contributed by atoms with E-state index in [1.165, 1.54) is 0 Å². The summed E-state index contributed by atoms with van der Waals surface area (Å²) in [5.41, 5.74) is 1.91. The monoisotopic (exact) mass is 366 g/mol. The van der Waals surface area contributed by atoms with Gasteiger partial charge in [-0.3, -0.25) is 0 Å². The minimum absolute atomic E-state index is 0.185. The van der Waals surface area contributed by atoms with Crippen molar-refractivity contribution in [1.29, 1.82) is 0 Å². The van der Waals surface area contributed by atoms with Gasteiger partial charge in [0, 0.05) is 25.7 Å². The molecule has 0 radical (unpaired) electrons. The number of hydrogen-bond acceptors (Lipinski definition) is 5. The van der Waals surface area contributed by atoms with Crippen molar-refractivity contribution in [2.45, 2.75) is 20.0 Å². The van der Waals surface area contributed by atoms with Crippen LogP contribution in [0.3, 0.4) is 0 Å². The number of nitrogens with one attached hydrogen (secondary N) is 1. The molecule has 0 atom stereocenters. The van der Waals surface area contributed by atoms with Crippen molar-refractivity contribution in [3.63, 3.8) is 0 Å². The molecule has 0 bridgehead atoms. The van der Waals surface area contributed by atoms with E-state index in [2.05, 4.69) is 15.5 Å². The van der Waals surface area contributed by atoms with E-state index in [9.17, 15) is 4.79 Å². The summed E-state index contributed by atoms with van der Waals surface area (Å²) in [6.07, 6.45) is 0.493. The molecule has 0 saturated carbocycles. The van der Waals surface area contributed by atoms with E-state index in [-0.39, 0.29) is 12.6 Å². The number of para-hydroxylation sites is 1. The fourth-order valence-electron chi connectivity index (χ4n) is 2.34. The van der Waals surface area contributed by atoms with Gasteiger partial charge in [-0.15, -0.1) is 0 Å². The molecule has 3 rings (SSSR count). The highest BCUT2D eigenvalue weighted by atomic mass is 16.5.